The Balaban J connectivity index is 2.93. The van der Waals surface area contributed by atoms with Gasteiger partial charge in [0.2, 0.25) is 10.0 Å². The Morgan fingerprint density at radius 1 is 1.04 bits per heavy atom. The van der Waals surface area contributed by atoms with Crippen molar-refractivity contribution in [2.45, 2.75) is 0 Å². The summed E-state index contributed by atoms with van der Waals surface area (Å²) in [5.74, 6) is -1.03. The zero-order chi connectivity index (χ0) is 17.6. The molecule has 1 aromatic carbocycles. The summed E-state index contributed by atoms with van der Waals surface area (Å²) in [6.07, 6.45) is 1.08. The first-order valence-electron chi connectivity index (χ1n) is 6.55. The molecule has 0 atom stereocenters. The Bertz CT molecular complexity index is 650. The molecular formula is C14H19NO7S. The van der Waals surface area contributed by atoms with Gasteiger partial charge in [-0.3, -0.25) is 0 Å². The topological polar surface area (TPSA) is 99.2 Å². The fourth-order valence-corrected chi connectivity index (χ4v) is 2.02. The quantitative estimate of drug-likeness (QED) is 0.665. The number of sulfonamides is 1. The van der Waals surface area contributed by atoms with Gasteiger partial charge in [0.25, 0.3) is 0 Å². The van der Waals surface area contributed by atoms with Gasteiger partial charge in [-0.15, -0.1) is 0 Å². The normalized spacial score (nSPS) is 11.2. The summed E-state index contributed by atoms with van der Waals surface area (Å²) in [5, 5.41) is 0. The molecule has 128 valence electrons. The van der Waals surface area contributed by atoms with Gasteiger partial charge in [-0.05, 0) is 18.2 Å². The van der Waals surface area contributed by atoms with Gasteiger partial charge in [-0.1, -0.05) is 0 Å². The second kappa shape index (κ2) is 7.93. The Morgan fingerprint density at radius 3 is 1.91 bits per heavy atom. The molecule has 0 aromatic heterocycles. The van der Waals surface area contributed by atoms with Gasteiger partial charge in [0.1, 0.15) is 12.4 Å². The first kappa shape index (κ1) is 18.9. The average molecular weight is 345 g/mol. The van der Waals surface area contributed by atoms with Crippen LogP contribution in [0.5, 0.6) is 5.75 Å². The number of carbonyl (C=O) groups is 2. The number of hydrogen-bond donors (Lipinski definition) is 0. The van der Waals surface area contributed by atoms with Gasteiger partial charge in [0.15, 0.2) is 0 Å². The Labute approximate surface area is 135 Å². The maximum Gasteiger partial charge on any atom is 0.338 e. The van der Waals surface area contributed by atoms with E-state index in [9.17, 15) is 18.0 Å². The van der Waals surface area contributed by atoms with Gasteiger partial charge < -0.3 is 14.2 Å². The summed E-state index contributed by atoms with van der Waals surface area (Å²) in [5.41, 5.74) is 0.253. The molecule has 0 spiro atoms. The van der Waals surface area contributed by atoms with Crippen molar-refractivity contribution in [3.8, 4) is 5.75 Å². The van der Waals surface area contributed by atoms with E-state index in [0.717, 1.165) is 10.6 Å². The van der Waals surface area contributed by atoms with Crippen molar-refractivity contribution in [1.29, 1.82) is 0 Å². The maximum atomic E-state index is 11.6. The summed E-state index contributed by atoms with van der Waals surface area (Å²) in [6.45, 7) is 0.170. The van der Waals surface area contributed by atoms with E-state index in [1.54, 1.807) is 0 Å². The predicted octanol–water partition coefficient (Wildman–Crippen LogP) is 0.530. The Kier molecular flexibility index (Phi) is 6.52. The minimum atomic E-state index is -3.30. The number of hydrogen-bond acceptors (Lipinski definition) is 7. The van der Waals surface area contributed by atoms with Crippen LogP contribution in [0.4, 0.5) is 0 Å². The van der Waals surface area contributed by atoms with E-state index in [1.807, 2.05) is 0 Å². The highest BCUT2D eigenvalue weighted by Gasteiger charge is 2.15. The lowest BCUT2D eigenvalue weighted by molar-refractivity contribution is 0.0598. The molecule has 8 nitrogen and oxygen atoms in total. The number of rotatable bonds is 7. The molecule has 0 heterocycles. The second-order valence-corrected chi connectivity index (χ2v) is 6.75. The summed E-state index contributed by atoms with van der Waals surface area (Å²) >= 11 is 0. The molecule has 9 heteroatoms. The third kappa shape index (κ3) is 5.53. The molecule has 0 unspecified atom stereocenters. The first-order valence-corrected chi connectivity index (χ1v) is 8.39. The molecule has 0 amide bonds. The van der Waals surface area contributed by atoms with E-state index < -0.39 is 22.0 Å². The van der Waals surface area contributed by atoms with Crippen LogP contribution in [0, 0.1) is 0 Å². The molecule has 0 saturated carbocycles. The number of nitrogens with zero attached hydrogens (tertiary/aromatic N) is 1. The van der Waals surface area contributed by atoms with E-state index in [2.05, 4.69) is 9.47 Å². The molecule has 0 saturated heterocycles. The summed E-state index contributed by atoms with van der Waals surface area (Å²) in [6, 6.07) is 4.13. The lowest BCUT2D eigenvalue weighted by Gasteiger charge is -2.15. The molecule has 0 aliphatic heterocycles. The van der Waals surface area contributed by atoms with Gasteiger partial charge in [0.05, 0.1) is 31.6 Å². The SMILES string of the molecule is COC(=O)c1cc(OCCN(C)S(C)(=O)=O)cc(C(=O)OC)c1. The van der Waals surface area contributed by atoms with Crippen molar-refractivity contribution in [2.75, 3.05) is 40.7 Å². The largest absolute Gasteiger partial charge is 0.492 e. The summed E-state index contributed by atoms with van der Waals surface area (Å²) in [7, 11) is 0.551. The molecule has 0 aliphatic carbocycles. The highest BCUT2D eigenvalue weighted by molar-refractivity contribution is 7.88. The number of methoxy groups -OCH3 is 2. The van der Waals surface area contributed by atoms with E-state index in [4.69, 9.17) is 4.74 Å². The number of carbonyl (C=O) groups excluding carboxylic acids is 2. The Morgan fingerprint density at radius 2 is 1.52 bits per heavy atom. The molecule has 23 heavy (non-hydrogen) atoms. The van der Waals surface area contributed by atoms with Crippen LogP contribution in [0.1, 0.15) is 20.7 Å². The zero-order valence-electron chi connectivity index (χ0n) is 13.4. The van der Waals surface area contributed by atoms with Crippen molar-refractivity contribution in [1.82, 2.24) is 4.31 Å². The van der Waals surface area contributed by atoms with E-state index in [-0.39, 0.29) is 30.0 Å². The van der Waals surface area contributed by atoms with E-state index in [1.165, 1.54) is 39.5 Å². The summed E-state index contributed by atoms with van der Waals surface area (Å²) < 4.78 is 38.3. The summed E-state index contributed by atoms with van der Waals surface area (Å²) in [4.78, 5) is 23.2. The zero-order valence-corrected chi connectivity index (χ0v) is 14.2. The van der Waals surface area contributed by atoms with Crippen molar-refractivity contribution in [3.63, 3.8) is 0 Å². The molecule has 0 N–H and O–H groups in total. The van der Waals surface area contributed by atoms with Crippen LogP contribution in [-0.2, 0) is 19.5 Å². The van der Waals surface area contributed by atoms with Crippen molar-refractivity contribution >= 4 is 22.0 Å². The number of likely N-dealkylation sites (N-methyl/N-ethyl adjacent to an activating group) is 1. The third-order valence-corrected chi connectivity index (χ3v) is 4.30. The van der Waals surface area contributed by atoms with Crippen LogP contribution in [0.15, 0.2) is 18.2 Å². The monoisotopic (exact) mass is 345 g/mol. The number of esters is 2. The molecule has 1 aromatic rings. The fourth-order valence-electron chi connectivity index (χ4n) is 1.61. The van der Waals surface area contributed by atoms with Crippen LogP contribution in [0.25, 0.3) is 0 Å². The van der Waals surface area contributed by atoms with Crippen LogP contribution in [0.2, 0.25) is 0 Å². The predicted molar refractivity (Wildman–Crippen MR) is 82.1 cm³/mol. The minimum absolute atomic E-state index is 0.0504. The lowest BCUT2D eigenvalue weighted by atomic mass is 10.1. The van der Waals surface area contributed by atoms with Gasteiger partial charge >= 0.3 is 11.9 Å². The molecule has 1 rings (SSSR count). The molecular weight excluding hydrogens is 326 g/mol. The molecule has 0 bridgehead atoms. The van der Waals surface area contributed by atoms with Crippen molar-refractivity contribution in [2.24, 2.45) is 0 Å². The van der Waals surface area contributed by atoms with Crippen molar-refractivity contribution in [3.05, 3.63) is 29.3 Å². The van der Waals surface area contributed by atoms with Crippen LogP contribution in [-0.4, -0.2) is 65.3 Å². The minimum Gasteiger partial charge on any atom is -0.492 e. The van der Waals surface area contributed by atoms with Gasteiger partial charge in [-0.25, -0.2) is 22.3 Å². The fraction of sp³-hybridized carbons (Fsp3) is 0.429. The molecule has 0 aliphatic rings. The highest BCUT2D eigenvalue weighted by atomic mass is 32.2. The van der Waals surface area contributed by atoms with Gasteiger partial charge in [-0.2, -0.15) is 0 Å². The third-order valence-electron chi connectivity index (χ3n) is 2.99. The number of benzene rings is 1. The van der Waals surface area contributed by atoms with E-state index >= 15 is 0 Å². The number of ether oxygens (including phenoxy) is 3. The van der Waals surface area contributed by atoms with Crippen molar-refractivity contribution < 1.29 is 32.2 Å². The van der Waals surface area contributed by atoms with E-state index in [0.29, 0.717) is 0 Å². The Hall–Kier alpha value is -2.13. The second-order valence-electron chi connectivity index (χ2n) is 4.66. The molecule has 0 radical (unpaired) electrons. The van der Waals surface area contributed by atoms with Crippen LogP contribution >= 0.6 is 0 Å². The van der Waals surface area contributed by atoms with Crippen LogP contribution < -0.4 is 4.74 Å². The highest BCUT2D eigenvalue weighted by Crippen LogP contribution is 2.19. The average Bonchev–Trinajstić information content (AvgIpc) is 2.51. The maximum absolute atomic E-state index is 11.6. The first-order chi connectivity index (χ1) is 10.7. The van der Waals surface area contributed by atoms with Crippen LogP contribution in [0.3, 0.4) is 0 Å². The smallest absolute Gasteiger partial charge is 0.338 e. The lowest BCUT2D eigenvalue weighted by Crippen LogP contribution is -2.29. The molecule has 0 fully saturated rings. The van der Waals surface area contributed by atoms with Gasteiger partial charge in [0, 0.05) is 13.6 Å². The standard InChI is InChI=1S/C14H19NO7S/c1-15(23(4,18)19)5-6-22-12-8-10(13(16)20-2)7-11(9-12)14(17)21-3/h7-9H,5-6H2,1-4H3.